The number of nitrogens with zero attached hydrogens (tertiary/aromatic N) is 1. The molecule has 7 heteroatoms. The zero-order valence-corrected chi connectivity index (χ0v) is 14.1. The number of carboxylic acid groups (broad SMARTS) is 1. The second kappa shape index (κ2) is 5.70. The number of thiophene rings is 1. The van der Waals surface area contributed by atoms with E-state index in [1.165, 1.54) is 15.6 Å². The van der Waals surface area contributed by atoms with Crippen molar-refractivity contribution in [2.75, 3.05) is 6.54 Å². The number of carbonyl (C=O) groups is 1. The first kappa shape index (κ1) is 16.5. The fourth-order valence-corrected chi connectivity index (χ4v) is 5.22. The lowest BCUT2D eigenvalue weighted by atomic mass is 9.95. The van der Waals surface area contributed by atoms with Crippen molar-refractivity contribution in [2.45, 2.75) is 55.7 Å². The molecule has 0 bridgehead atoms. The predicted octanol–water partition coefficient (Wildman–Crippen LogP) is 2.67. The molecule has 118 valence electrons. The van der Waals surface area contributed by atoms with Gasteiger partial charge in [-0.3, -0.25) is 4.79 Å². The van der Waals surface area contributed by atoms with Gasteiger partial charge in [0.1, 0.15) is 4.21 Å². The first-order chi connectivity index (χ1) is 9.62. The quantitative estimate of drug-likeness (QED) is 0.869. The molecule has 1 aromatic rings. The van der Waals surface area contributed by atoms with Crippen LogP contribution in [0.4, 0.5) is 0 Å². The number of aliphatic carboxylic acids is 1. The molecule has 21 heavy (non-hydrogen) atoms. The largest absolute Gasteiger partial charge is 0.481 e. The van der Waals surface area contributed by atoms with Crippen LogP contribution in [0.2, 0.25) is 0 Å². The summed E-state index contributed by atoms with van der Waals surface area (Å²) in [6, 6.07) is 3.45. The lowest BCUT2D eigenvalue weighted by molar-refractivity contribution is -0.137. The van der Waals surface area contributed by atoms with Gasteiger partial charge >= 0.3 is 5.97 Å². The normalized spacial score (nSPS) is 16.4. The van der Waals surface area contributed by atoms with Crippen LogP contribution >= 0.6 is 11.3 Å². The van der Waals surface area contributed by atoms with E-state index >= 15 is 0 Å². The first-order valence-electron chi connectivity index (χ1n) is 6.96. The van der Waals surface area contributed by atoms with Gasteiger partial charge in [0.05, 0.1) is 6.42 Å². The molecule has 1 N–H and O–H groups in total. The maximum atomic E-state index is 12.7. The number of hydrogen-bond donors (Lipinski definition) is 1. The molecule has 1 aromatic heterocycles. The molecule has 0 saturated heterocycles. The molecule has 1 fully saturated rings. The van der Waals surface area contributed by atoms with Crippen LogP contribution in [0, 0.1) is 0 Å². The van der Waals surface area contributed by atoms with E-state index in [0.29, 0.717) is 4.21 Å². The number of sulfonamides is 1. The molecule has 0 radical (unpaired) electrons. The molecular formula is C14H21NO4S2. The standard InChI is InChI=1S/C14H21NO4S2/c1-14(2,3)11-6-7-13(20-11)21(18,19)15(10-4-5-10)9-8-12(16)17/h6-7,10H,4-5,8-9H2,1-3H3,(H,16,17). The van der Waals surface area contributed by atoms with Gasteiger partial charge in [0.25, 0.3) is 10.0 Å². The van der Waals surface area contributed by atoms with E-state index in [0.717, 1.165) is 17.7 Å². The van der Waals surface area contributed by atoms with Gasteiger partial charge in [-0.15, -0.1) is 11.3 Å². The van der Waals surface area contributed by atoms with Crippen LogP contribution in [0.3, 0.4) is 0 Å². The van der Waals surface area contributed by atoms with Gasteiger partial charge < -0.3 is 5.11 Å². The Hall–Kier alpha value is -0.920. The van der Waals surface area contributed by atoms with Crippen LogP contribution in [-0.2, 0) is 20.2 Å². The molecule has 1 heterocycles. The first-order valence-corrected chi connectivity index (χ1v) is 9.22. The number of hydrogen-bond acceptors (Lipinski definition) is 4. The third-order valence-corrected chi connectivity index (χ3v) is 7.31. The predicted molar refractivity (Wildman–Crippen MR) is 82.2 cm³/mol. The molecule has 0 aliphatic heterocycles. The van der Waals surface area contributed by atoms with Crippen LogP contribution in [0.5, 0.6) is 0 Å². The average molecular weight is 331 g/mol. The summed E-state index contributed by atoms with van der Waals surface area (Å²) in [7, 11) is -3.58. The summed E-state index contributed by atoms with van der Waals surface area (Å²) in [5, 5.41) is 8.79. The summed E-state index contributed by atoms with van der Waals surface area (Å²) in [6.07, 6.45) is 1.47. The van der Waals surface area contributed by atoms with Crippen LogP contribution in [0.25, 0.3) is 0 Å². The van der Waals surface area contributed by atoms with Gasteiger partial charge in [-0.25, -0.2) is 8.42 Å². The van der Waals surface area contributed by atoms with Gasteiger partial charge in [0.2, 0.25) is 0 Å². The second-order valence-electron chi connectivity index (χ2n) is 6.36. The van der Waals surface area contributed by atoms with Crippen LogP contribution in [0.15, 0.2) is 16.3 Å². The van der Waals surface area contributed by atoms with Crippen molar-refractivity contribution in [2.24, 2.45) is 0 Å². The van der Waals surface area contributed by atoms with E-state index in [4.69, 9.17) is 5.11 Å². The van der Waals surface area contributed by atoms with Crippen LogP contribution in [0.1, 0.15) is 44.9 Å². The Labute approximate surface area is 129 Å². The topological polar surface area (TPSA) is 74.7 Å². The van der Waals surface area contributed by atoms with Gasteiger partial charge in [-0.05, 0) is 30.4 Å². The van der Waals surface area contributed by atoms with Crippen LogP contribution < -0.4 is 0 Å². The van der Waals surface area contributed by atoms with Crippen LogP contribution in [-0.4, -0.2) is 36.4 Å². The molecule has 1 saturated carbocycles. The van der Waals surface area contributed by atoms with Crippen molar-refractivity contribution >= 4 is 27.3 Å². The highest BCUT2D eigenvalue weighted by Crippen LogP contribution is 2.37. The monoisotopic (exact) mass is 331 g/mol. The SMILES string of the molecule is CC(C)(C)c1ccc(S(=O)(=O)N(CCC(=O)O)C2CC2)s1. The molecule has 0 atom stereocenters. The molecule has 5 nitrogen and oxygen atoms in total. The maximum absolute atomic E-state index is 12.7. The molecule has 0 spiro atoms. The van der Waals surface area contributed by atoms with E-state index in [2.05, 4.69) is 0 Å². The minimum absolute atomic E-state index is 0.0328. The number of carboxylic acids is 1. The summed E-state index contributed by atoms with van der Waals surface area (Å²) in [6.45, 7) is 6.17. The van der Waals surface area contributed by atoms with Gasteiger partial charge in [-0.1, -0.05) is 20.8 Å². The summed E-state index contributed by atoms with van der Waals surface area (Å²) < 4.78 is 27.1. The second-order valence-corrected chi connectivity index (χ2v) is 9.56. The minimum atomic E-state index is -3.58. The molecule has 0 amide bonds. The van der Waals surface area contributed by atoms with Gasteiger partial charge in [-0.2, -0.15) is 4.31 Å². The summed E-state index contributed by atoms with van der Waals surface area (Å²) in [5.74, 6) is -0.975. The molecule has 1 aliphatic carbocycles. The fourth-order valence-electron chi connectivity index (χ4n) is 2.04. The Morgan fingerprint density at radius 2 is 2.00 bits per heavy atom. The summed E-state index contributed by atoms with van der Waals surface area (Å²) >= 11 is 1.28. The van der Waals surface area contributed by atoms with E-state index in [1.54, 1.807) is 6.07 Å². The molecule has 0 unspecified atom stereocenters. The fraction of sp³-hybridized carbons (Fsp3) is 0.643. The Morgan fingerprint density at radius 1 is 1.38 bits per heavy atom. The maximum Gasteiger partial charge on any atom is 0.304 e. The molecule has 1 aliphatic rings. The molecule has 0 aromatic carbocycles. The van der Waals surface area contributed by atoms with Crippen molar-refractivity contribution in [3.8, 4) is 0 Å². The number of rotatable bonds is 6. The summed E-state index contributed by atoms with van der Waals surface area (Å²) in [4.78, 5) is 11.7. The third-order valence-electron chi connectivity index (χ3n) is 3.38. The van der Waals surface area contributed by atoms with Crippen molar-refractivity contribution < 1.29 is 18.3 Å². The highest BCUT2D eigenvalue weighted by atomic mass is 32.2. The Balaban J connectivity index is 2.26. The van der Waals surface area contributed by atoms with Gasteiger partial charge in [0.15, 0.2) is 0 Å². The highest BCUT2D eigenvalue weighted by Gasteiger charge is 2.39. The highest BCUT2D eigenvalue weighted by molar-refractivity contribution is 7.91. The third kappa shape index (κ3) is 3.84. The van der Waals surface area contributed by atoms with Crippen molar-refractivity contribution in [3.05, 3.63) is 17.0 Å². The zero-order chi connectivity index (χ0) is 15.8. The zero-order valence-electron chi connectivity index (χ0n) is 12.5. The average Bonchev–Trinajstić information content (AvgIpc) is 3.02. The summed E-state index contributed by atoms with van der Waals surface area (Å²) in [5.41, 5.74) is -0.0933. The Kier molecular flexibility index (Phi) is 4.46. The Morgan fingerprint density at radius 3 is 2.43 bits per heavy atom. The smallest absolute Gasteiger partial charge is 0.304 e. The van der Waals surface area contributed by atoms with Crippen molar-refractivity contribution in [1.29, 1.82) is 0 Å². The minimum Gasteiger partial charge on any atom is -0.481 e. The van der Waals surface area contributed by atoms with Crippen molar-refractivity contribution in [1.82, 2.24) is 4.31 Å². The van der Waals surface area contributed by atoms with E-state index in [9.17, 15) is 13.2 Å². The van der Waals surface area contributed by atoms with Crippen molar-refractivity contribution in [3.63, 3.8) is 0 Å². The molecule has 2 rings (SSSR count). The van der Waals surface area contributed by atoms with Gasteiger partial charge in [0, 0.05) is 17.5 Å². The molecular weight excluding hydrogens is 310 g/mol. The van der Waals surface area contributed by atoms with E-state index < -0.39 is 16.0 Å². The van der Waals surface area contributed by atoms with E-state index in [1.807, 2.05) is 26.8 Å². The lowest BCUT2D eigenvalue weighted by Crippen LogP contribution is -2.34. The Bertz CT molecular complexity index is 624. The lowest BCUT2D eigenvalue weighted by Gasteiger charge is -2.20. The van der Waals surface area contributed by atoms with E-state index in [-0.39, 0.29) is 24.4 Å².